The first-order valence-electron chi connectivity index (χ1n) is 6.47. The highest BCUT2D eigenvalue weighted by molar-refractivity contribution is 6.22. The highest BCUT2D eigenvalue weighted by atomic mass is 16.3. The first-order chi connectivity index (χ1) is 9.86. The van der Waals surface area contributed by atoms with Crippen LogP contribution < -0.4 is 10.6 Å². The smallest absolute Gasteiger partial charge is 0.328 e. The maximum absolute atomic E-state index is 12.4. The molecule has 1 aromatic carbocycles. The number of imide groups is 2. The van der Waals surface area contributed by atoms with Gasteiger partial charge in [0.2, 0.25) is 11.8 Å². The first-order valence-corrected chi connectivity index (χ1v) is 6.47. The zero-order valence-corrected chi connectivity index (χ0v) is 11.8. The molecule has 1 saturated heterocycles. The number of hydrogen-bond donors (Lipinski definition) is 3. The summed E-state index contributed by atoms with van der Waals surface area (Å²) in [5, 5.41) is 13.9. The summed E-state index contributed by atoms with van der Waals surface area (Å²) in [5.74, 6) is -1.40. The zero-order valence-electron chi connectivity index (χ0n) is 11.8. The zero-order chi connectivity index (χ0) is 15.6. The van der Waals surface area contributed by atoms with Gasteiger partial charge in [-0.15, -0.1) is 0 Å². The lowest BCUT2D eigenvalue weighted by Gasteiger charge is -2.35. The number of rotatable bonds is 4. The summed E-state index contributed by atoms with van der Waals surface area (Å²) >= 11 is 0. The lowest BCUT2D eigenvalue weighted by molar-refractivity contribution is -0.139. The lowest BCUT2D eigenvalue weighted by Crippen LogP contribution is -2.65. The Morgan fingerprint density at radius 3 is 2.29 bits per heavy atom. The number of amides is 4. The quantitative estimate of drug-likeness (QED) is 0.675. The second-order valence-corrected chi connectivity index (χ2v) is 5.25. The van der Waals surface area contributed by atoms with E-state index in [0.29, 0.717) is 12.1 Å². The van der Waals surface area contributed by atoms with Gasteiger partial charge in [0.1, 0.15) is 5.75 Å². The van der Waals surface area contributed by atoms with Crippen molar-refractivity contribution in [3.63, 3.8) is 0 Å². The third-order valence-corrected chi connectivity index (χ3v) is 3.50. The highest BCUT2D eigenvalue weighted by Crippen LogP contribution is 2.32. The minimum atomic E-state index is -1.53. The molecule has 0 atom stereocenters. The summed E-state index contributed by atoms with van der Waals surface area (Å²) in [6, 6.07) is 5.13. The van der Waals surface area contributed by atoms with Crippen molar-refractivity contribution in [2.75, 3.05) is 20.6 Å². The number of urea groups is 1. The molecular formula is C14H17N3O4. The fourth-order valence-electron chi connectivity index (χ4n) is 2.35. The largest absolute Gasteiger partial charge is 0.508 e. The molecule has 112 valence electrons. The Labute approximate surface area is 121 Å². The molecule has 2 rings (SSSR count). The van der Waals surface area contributed by atoms with Crippen LogP contribution in [0.2, 0.25) is 0 Å². The van der Waals surface area contributed by atoms with Gasteiger partial charge in [-0.2, -0.15) is 0 Å². The number of nitrogens with one attached hydrogen (secondary N) is 2. The van der Waals surface area contributed by atoms with Gasteiger partial charge in [-0.25, -0.2) is 4.79 Å². The van der Waals surface area contributed by atoms with Gasteiger partial charge in [-0.05, 0) is 44.8 Å². The van der Waals surface area contributed by atoms with Crippen LogP contribution in [0.4, 0.5) is 4.79 Å². The molecule has 0 radical (unpaired) electrons. The fourth-order valence-corrected chi connectivity index (χ4v) is 2.35. The highest BCUT2D eigenvalue weighted by Gasteiger charge is 2.51. The van der Waals surface area contributed by atoms with Crippen LogP contribution in [0.1, 0.15) is 12.0 Å². The van der Waals surface area contributed by atoms with Crippen molar-refractivity contribution in [2.24, 2.45) is 0 Å². The van der Waals surface area contributed by atoms with Crippen LogP contribution in [0.15, 0.2) is 24.3 Å². The maximum atomic E-state index is 12.4. The molecule has 7 heteroatoms. The van der Waals surface area contributed by atoms with E-state index in [-0.39, 0.29) is 12.2 Å². The van der Waals surface area contributed by atoms with Crippen molar-refractivity contribution >= 4 is 17.8 Å². The van der Waals surface area contributed by atoms with E-state index in [1.54, 1.807) is 12.1 Å². The summed E-state index contributed by atoms with van der Waals surface area (Å²) < 4.78 is 0. The molecule has 21 heavy (non-hydrogen) atoms. The number of phenols is 1. The Balaban J connectivity index is 2.50. The van der Waals surface area contributed by atoms with E-state index in [1.807, 2.05) is 19.0 Å². The van der Waals surface area contributed by atoms with Crippen LogP contribution in [0.5, 0.6) is 5.75 Å². The number of carbonyl (C=O) groups is 3. The predicted octanol–water partition coefficient (Wildman–Crippen LogP) is -0.0523. The third-order valence-electron chi connectivity index (χ3n) is 3.50. The summed E-state index contributed by atoms with van der Waals surface area (Å²) in [6.07, 6.45) is 0.189. The molecule has 4 amide bonds. The molecule has 1 aromatic rings. The lowest BCUT2D eigenvalue weighted by atomic mass is 9.74. The number of barbiturate groups is 1. The molecular weight excluding hydrogens is 274 g/mol. The SMILES string of the molecule is CN(C)CCC1(c2cccc(O)c2)C(=O)NC(=O)NC1=O. The van der Waals surface area contributed by atoms with Crippen molar-refractivity contribution in [2.45, 2.75) is 11.8 Å². The van der Waals surface area contributed by atoms with Crippen LogP contribution in [-0.4, -0.2) is 48.5 Å². The van der Waals surface area contributed by atoms with Gasteiger partial charge in [-0.3, -0.25) is 20.2 Å². The Hall–Kier alpha value is -2.41. The van der Waals surface area contributed by atoms with E-state index in [4.69, 9.17) is 0 Å². The molecule has 1 aliphatic heterocycles. The Bertz CT molecular complexity index is 578. The van der Waals surface area contributed by atoms with Gasteiger partial charge in [0.25, 0.3) is 0 Å². The van der Waals surface area contributed by atoms with Gasteiger partial charge >= 0.3 is 6.03 Å². The van der Waals surface area contributed by atoms with Crippen molar-refractivity contribution in [1.82, 2.24) is 15.5 Å². The van der Waals surface area contributed by atoms with Gasteiger partial charge in [0.15, 0.2) is 5.41 Å². The van der Waals surface area contributed by atoms with Crippen LogP contribution in [0, 0.1) is 0 Å². The third kappa shape index (κ3) is 2.73. The van der Waals surface area contributed by atoms with E-state index in [1.165, 1.54) is 12.1 Å². The van der Waals surface area contributed by atoms with Gasteiger partial charge < -0.3 is 10.0 Å². The number of benzene rings is 1. The van der Waals surface area contributed by atoms with Crippen molar-refractivity contribution in [3.8, 4) is 5.75 Å². The van der Waals surface area contributed by atoms with E-state index in [0.717, 1.165) is 0 Å². The average Bonchev–Trinajstić information content (AvgIpc) is 2.37. The monoisotopic (exact) mass is 291 g/mol. The average molecular weight is 291 g/mol. The molecule has 0 aromatic heterocycles. The Morgan fingerprint density at radius 1 is 1.14 bits per heavy atom. The van der Waals surface area contributed by atoms with Crippen molar-refractivity contribution < 1.29 is 19.5 Å². The minimum Gasteiger partial charge on any atom is -0.508 e. The van der Waals surface area contributed by atoms with Crippen molar-refractivity contribution in [3.05, 3.63) is 29.8 Å². The molecule has 0 aliphatic carbocycles. The van der Waals surface area contributed by atoms with E-state index >= 15 is 0 Å². The van der Waals surface area contributed by atoms with Gasteiger partial charge in [0, 0.05) is 0 Å². The Kier molecular flexibility index (Phi) is 3.95. The van der Waals surface area contributed by atoms with E-state index < -0.39 is 23.3 Å². The second kappa shape index (κ2) is 5.53. The standard InChI is InChI=1S/C14H17N3O4/c1-17(2)7-6-14(9-4-3-5-10(18)8-9)11(19)15-13(21)16-12(14)20/h3-5,8,18H,6-7H2,1-2H3,(H2,15,16,19,20,21). The minimum absolute atomic E-state index is 0.0470. The summed E-state index contributed by atoms with van der Waals surface area (Å²) in [7, 11) is 3.64. The molecule has 0 spiro atoms. The molecule has 1 fully saturated rings. The first kappa shape index (κ1) is 15.0. The fraction of sp³-hybridized carbons (Fsp3) is 0.357. The van der Waals surface area contributed by atoms with E-state index in [2.05, 4.69) is 10.6 Å². The van der Waals surface area contributed by atoms with Crippen molar-refractivity contribution in [1.29, 1.82) is 0 Å². The molecule has 0 saturated carbocycles. The number of aromatic hydroxyl groups is 1. The van der Waals surface area contributed by atoms with Crippen LogP contribution >= 0.6 is 0 Å². The predicted molar refractivity (Wildman–Crippen MR) is 74.6 cm³/mol. The maximum Gasteiger partial charge on any atom is 0.328 e. The topological polar surface area (TPSA) is 98.7 Å². The van der Waals surface area contributed by atoms with Crippen LogP contribution in [0.3, 0.4) is 0 Å². The van der Waals surface area contributed by atoms with Gasteiger partial charge in [0.05, 0.1) is 0 Å². The molecule has 1 aliphatic rings. The van der Waals surface area contributed by atoms with E-state index in [9.17, 15) is 19.5 Å². The number of hydrogen-bond acceptors (Lipinski definition) is 5. The van der Waals surface area contributed by atoms with Crippen LogP contribution in [0.25, 0.3) is 0 Å². The molecule has 7 nitrogen and oxygen atoms in total. The molecule has 0 unspecified atom stereocenters. The Morgan fingerprint density at radius 2 is 1.76 bits per heavy atom. The molecule has 3 N–H and O–H groups in total. The van der Waals surface area contributed by atoms with Gasteiger partial charge in [-0.1, -0.05) is 12.1 Å². The number of phenolic OH excluding ortho intramolecular Hbond substituents is 1. The molecule has 1 heterocycles. The summed E-state index contributed by atoms with van der Waals surface area (Å²) in [6.45, 7) is 0.463. The number of carbonyl (C=O) groups excluding carboxylic acids is 3. The number of nitrogens with zero attached hydrogens (tertiary/aromatic N) is 1. The van der Waals surface area contributed by atoms with Crippen LogP contribution in [-0.2, 0) is 15.0 Å². The second-order valence-electron chi connectivity index (χ2n) is 5.25. The molecule has 0 bridgehead atoms. The summed E-state index contributed by atoms with van der Waals surface area (Å²) in [5.41, 5.74) is -1.18. The summed E-state index contributed by atoms with van der Waals surface area (Å²) in [4.78, 5) is 37.9. The normalized spacial score (nSPS) is 17.6.